The lowest BCUT2D eigenvalue weighted by Crippen LogP contribution is -2.06. The van der Waals surface area contributed by atoms with E-state index in [-0.39, 0.29) is 6.04 Å². The van der Waals surface area contributed by atoms with E-state index in [1.54, 1.807) is 0 Å². The highest BCUT2D eigenvalue weighted by molar-refractivity contribution is 6.32. The highest BCUT2D eigenvalue weighted by Gasteiger charge is 2.08. The minimum absolute atomic E-state index is 0.0391. The molecule has 0 saturated carbocycles. The first-order valence-electron chi connectivity index (χ1n) is 7.23. The molecule has 0 radical (unpaired) electrons. The van der Waals surface area contributed by atoms with Gasteiger partial charge in [-0.2, -0.15) is 5.10 Å². The standard InChI is InChI=1S/C16H22ClN3O/c1-4-11(2)20-8-7-14(19-20)10-21-16-6-5-13(12(3)18)9-15(16)17/h5-9,11-12H,4,10,18H2,1-3H3/t11?,12-/m1/s1. The van der Waals surface area contributed by atoms with Gasteiger partial charge in [0.1, 0.15) is 12.4 Å². The Morgan fingerprint density at radius 2 is 2.10 bits per heavy atom. The summed E-state index contributed by atoms with van der Waals surface area (Å²) in [6, 6.07) is 7.96. The molecule has 2 atom stereocenters. The van der Waals surface area contributed by atoms with Crippen LogP contribution in [-0.4, -0.2) is 9.78 Å². The van der Waals surface area contributed by atoms with E-state index in [1.807, 2.05) is 42.1 Å². The summed E-state index contributed by atoms with van der Waals surface area (Å²) in [7, 11) is 0. The van der Waals surface area contributed by atoms with Crippen LogP contribution in [0.1, 0.15) is 50.5 Å². The van der Waals surface area contributed by atoms with Crippen LogP contribution in [0.25, 0.3) is 0 Å². The normalized spacial score (nSPS) is 14.0. The molecule has 0 aliphatic heterocycles. The highest BCUT2D eigenvalue weighted by Crippen LogP contribution is 2.28. The third-order valence-electron chi connectivity index (χ3n) is 3.56. The molecule has 0 fully saturated rings. The average Bonchev–Trinajstić information content (AvgIpc) is 2.93. The lowest BCUT2D eigenvalue weighted by molar-refractivity contribution is 0.298. The van der Waals surface area contributed by atoms with Crippen molar-refractivity contribution in [3.63, 3.8) is 0 Å². The topological polar surface area (TPSA) is 53.1 Å². The Morgan fingerprint density at radius 1 is 1.33 bits per heavy atom. The Hall–Kier alpha value is -1.52. The molecule has 0 aliphatic carbocycles. The van der Waals surface area contributed by atoms with Crippen molar-refractivity contribution < 1.29 is 4.74 Å². The SMILES string of the molecule is CCC(C)n1ccc(COc2ccc([C@@H](C)N)cc2Cl)n1. The number of hydrogen-bond acceptors (Lipinski definition) is 3. The first-order valence-corrected chi connectivity index (χ1v) is 7.61. The van der Waals surface area contributed by atoms with Crippen molar-refractivity contribution >= 4 is 11.6 Å². The Bertz CT molecular complexity index is 595. The molecule has 0 spiro atoms. The van der Waals surface area contributed by atoms with Gasteiger partial charge in [-0.25, -0.2) is 0 Å². The van der Waals surface area contributed by atoms with Crippen LogP contribution in [0, 0.1) is 0 Å². The molecule has 0 saturated heterocycles. The van der Waals surface area contributed by atoms with Crippen LogP contribution in [-0.2, 0) is 6.61 Å². The third kappa shape index (κ3) is 3.99. The van der Waals surface area contributed by atoms with Gasteiger partial charge in [0.2, 0.25) is 0 Å². The lowest BCUT2D eigenvalue weighted by atomic mass is 10.1. The largest absolute Gasteiger partial charge is 0.486 e. The van der Waals surface area contributed by atoms with Gasteiger partial charge in [0.15, 0.2) is 0 Å². The van der Waals surface area contributed by atoms with Gasteiger partial charge in [-0.1, -0.05) is 24.6 Å². The van der Waals surface area contributed by atoms with Gasteiger partial charge in [-0.15, -0.1) is 0 Å². The zero-order valence-corrected chi connectivity index (χ0v) is 13.5. The Balaban J connectivity index is 2.01. The van der Waals surface area contributed by atoms with Gasteiger partial charge in [-0.05, 0) is 44.0 Å². The smallest absolute Gasteiger partial charge is 0.138 e. The minimum Gasteiger partial charge on any atom is -0.486 e. The maximum Gasteiger partial charge on any atom is 0.138 e. The van der Waals surface area contributed by atoms with Gasteiger partial charge in [-0.3, -0.25) is 4.68 Å². The molecule has 4 nitrogen and oxygen atoms in total. The minimum atomic E-state index is -0.0391. The third-order valence-corrected chi connectivity index (χ3v) is 3.86. The molecule has 1 aromatic heterocycles. The summed E-state index contributed by atoms with van der Waals surface area (Å²) < 4.78 is 7.69. The number of rotatable bonds is 6. The molecule has 0 bridgehead atoms. The highest BCUT2D eigenvalue weighted by atomic mass is 35.5. The van der Waals surface area contributed by atoms with Crippen LogP contribution in [0.4, 0.5) is 0 Å². The molecule has 5 heteroatoms. The van der Waals surface area contributed by atoms with E-state index in [2.05, 4.69) is 18.9 Å². The number of aromatic nitrogens is 2. The molecule has 0 aliphatic rings. The van der Waals surface area contributed by atoms with Gasteiger partial charge in [0, 0.05) is 18.3 Å². The lowest BCUT2D eigenvalue weighted by Gasteiger charge is -2.11. The Labute approximate surface area is 130 Å². The first kappa shape index (κ1) is 15.9. The van der Waals surface area contributed by atoms with E-state index in [9.17, 15) is 0 Å². The molecular formula is C16H22ClN3O. The predicted octanol–water partition coefficient (Wildman–Crippen LogP) is 4.11. The first-order chi connectivity index (χ1) is 10.0. The van der Waals surface area contributed by atoms with E-state index in [4.69, 9.17) is 22.1 Å². The van der Waals surface area contributed by atoms with Gasteiger partial charge < -0.3 is 10.5 Å². The fraction of sp³-hybridized carbons (Fsp3) is 0.438. The molecule has 2 N–H and O–H groups in total. The maximum absolute atomic E-state index is 6.21. The van der Waals surface area contributed by atoms with Crippen LogP contribution >= 0.6 is 11.6 Å². The van der Waals surface area contributed by atoms with E-state index >= 15 is 0 Å². The molecule has 2 rings (SSSR count). The van der Waals surface area contributed by atoms with Crippen LogP contribution in [0.15, 0.2) is 30.5 Å². The van der Waals surface area contributed by atoms with Crippen molar-refractivity contribution in [3.05, 3.63) is 46.7 Å². The van der Waals surface area contributed by atoms with Crippen molar-refractivity contribution in [2.24, 2.45) is 5.73 Å². The molecule has 1 heterocycles. The summed E-state index contributed by atoms with van der Waals surface area (Å²) in [5.41, 5.74) is 7.71. The predicted molar refractivity (Wildman–Crippen MR) is 85.6 cm³/mol. The van der Waals surface area contributed by atoms with Gasteiger partial charge in [0.05, 0.1) is 10.7 Å². The summed E-state index contributed by atoms with van der Waals surface area (Å²) in [4.78, 5) is 0. The Morgan fingerprint density at radius 3 is 2.71 bits per heavy atom. The molecule has 2 aromatic rings. The number of ether oxygens (including phenoxy) is 1. The number of benzene rings is 1. The van der Waals surface area contributed by atoms with Gasteiger partial charge in [0.25, 0.3) is 0 Å². The van der Waals surface area contributed by atoms with Crippen molar-refractivity contribution in [3.8, 4) is 5.75 Å². The van der Waals surface area contributed by atoms with Gasteiger partial charge >= 0.3 is 0 Å². The van der Waals surface area contributed by atoms with Crippen molar-refractivity contribution in [2.45, 2.75) is 45.9 Å². The summed E-state index contributed by atoms with van der Waals surface area (Å²) >= 11 is 6.21. The molecule has 0 amide bonds. The molecule has 114 valence electrons. The second-order valence-corrected chi connectivity index (χ2v) is 5.72. The summed E-state index contributed by atoms with van der Waals surface area (Å²) in [5, 5.41) is 5.08. The fourth-order valence-electron chi connectivity index (χ4n) is 1.96. The molecule has 1 unspecified atom stereocenters. The van der Waals surface area contributed by atoms with Crippen molar-refractivity contribution in [2.75, 3.05) is 0 Å². The quantitative estimate of drug-likeness (QED) is 0.874. The van der Waals surface area contributed by atoms with Crippen molar-refractivity contribution in [1.82, 2.24) is 9.78 Å². The molecule has 1 aromatic carbocycles. The summed E-state index contributed by atoms with van der Waals surface area (Å²) in [6.45, 7) is 6.61. The van der Waals surface area contributed by atoms with Crippen molar-refractivity contribution in [1.29, 1.82) is 0 Å². The molecular weight excluding hydrogens is 286 g/mol. The van der Waals surface area contributed by atoms with E-state index < -0.39 is 0 Å². The summed E-state index contributed by atoms with van der Waals surface area (Å²) in [5.74, 6) is 0.652. The average molecular weight is 308 g/mol. The number of nitrogens with zero attached hydrogens (tertiary/aromatic N) is 2. The second-order valence-electron chi connectivity index (χ2n) is 5.31. The van der Waals surface area contributed by atoms with Crippen LogP contribution in [0.5, 0.6) is 5.75 Å². The number of hydrogen-bond donors (Lipinski definition) is 1. The zero-order valence-electron chi connectivity index (χ0n) is 12.7. The van der Waals surface area contributed by atoms with Crippen LogP contribution < -0.4 is 10.5 Å². The molecule has 21 heavy (non-hydrogen) atoms. The zero-order chi connectivity index (χ0) is 15.4. The number of halogens is 1. The fourth-order valence-corrected chi connectivity index (χ4v) is 2.20. The van der Waals surface area contributed by atoms with E-state index in [1.165, 1.54) is 0 Å². The van der Waals surface area contributed by atoms with E-state index in [0.29, 0.717) is 23.4 Å². The van der Waals surface area contributed by atoms with Crippen LogP contribution in [0.2, 0.25) is 5.02 Å². The van der Waals surface area contributed by atoms with E-state index in [0.717, 1.165) is 17.7 Å². The summed E-state index contributed by atoms with van der Waals surface area (Å²) in [6.07, 6.45) is 3.03. The monoisotopic (exact) mass is 307 g/mol. The number of nitrogens with two attached hydrogens (primary N) is 1. The second kappa shape index (κ2) is 6.96. The Kier molecular flexibility index (Phi) is 5.26. The maximum atomic E-state index is 6.21. The van der Waals surface area contributed by atoms with Crippen LogP contribution in [0.3, 0.4) is 0 Å².